The minimum atomic E-state index is -3.34. The van der Waals surface area contributed by atoms with Crippen molar-refractivity contribution in [3.8, 4) is 0 Å². The van der Waals surface area contributed by atoms with E-state index in [1.807, 2.05) is 0 Å². The maximum Gasteiger partial charge on any atom is 0.293 e. The lowest BCUT2D eigenvalue weighted by atomic mass is 10.2. The van der Waals surface area contributed by atoms with Crippen molar-refractivity contribution in [1.82, 2.24) is 0 Å². The summed E-state index contributed by atoms with van der Waals surface area (Å²) in [4.78, 5) is 9.86. The fourth-order valence-corrected chi connectivity index (χ4v) is 1.16. The molecule has 0 amide bonds. The van der Waals surface area contributed by atoms with Gasteiger partial charge in [-0.25, -0.2) is 0 Å². The maximum absolute atomic E-state index is 10.5. The van der Waals surface area contributed by atoms with E-state index in [-0.39, 0.29) is 12.7 Å². The lowest BCUT2D eigenvalue weighted by Crippen LogP contribution is -2.10. The number of carbonyl (C=O) groups excluding carboxylic acids is 1. The van der Waals surface area contributed by atoms with Gasteiger partial charge in [0.15, 0.2) is 0 Å². The quantitative estimate of drug-likeness (QED) is 0.343. The zero-order chi connectivity index (χ0) is 10.3. The van der Waals surface area contributed by atoms with Crippen molar-refractivity contribution in [3.05, 3.63) is 0 Å². The Labute approximate surface area is 78.2 Å². The third kappa shape index (κ3) is 9.29. The van der Waals surface area contributed by atoms with Gasteiger partial charge in [-0.05, 0) is 19.8 Å². The molecule has 0 rings (SSSR count). The van der Waals surface area contributed by atoms with Crippen LogP contribution in [-0.2, 0) is 23.8 Å². The van der Waals surface area contributed by atoms with Crippen molar-refractivity contribution in [2.45, 2.75) is 25.9 Å². The van der Waals surface area contributed by atoms with Gasteiger partial charge in [-0.1, -0.05) is 0 Å². The first-order valence-electron chi connectivity index (χ1n) is 3.89. The Hall–Kier alpha value is -0.620. The van der Waals surface area contributed by atoms with Crippen molar-refractivity contribution >= 4 is 16.6 Å². The fourth-order valence-electron chi connectivity index (χ4n) is 0.744. The van der Waals surface area contributed by atoms with E-state index in [1.54, 1.807) is 6.92 Å². The molecule has 6 heteroatoms. The van der Waals surface area contributed by atoms with E-state index in [4.69, 9.17) is 0 Å². The standard InChI is InChI=1S/C7H14O5S/c1-7(11-6-8)4-3-5-12-13(2,9)10/h6-7H,3-5H2,1-2H3. The lowest BCUT2D eigenvalue weighted by Gasteiger charge is -2.08. The molecule has 0 bridgehead atoms. The Morgan fingerprint density at radius 3 is 2.54 bits per heavy atom. The summed E-state index contributed by atoms with van der Waals surface area (Å²) in [6, 6.07) is 0. The second-order valence-electron chi connectivity index (χ2n) is 2.71. The van der Waals surface area contributed by atoms with E-state index in [1.165, 1.54) is 0 Å². The van der Waals surface area contributed by atoms with Gasteiger partial charge in [0.1, 0.15) is 0 Å². The van der Waals surface area contributed by atoms with Gasteiger partial charge in [-0.3, -0.25) is 8.98 Å². The van der Waals surface area contributed by atoms with Crippen LogP contribution in [0.2, 0.25) is 0 Å². The molecule has 0 spiro atoms. The zero-order valence-corrected chi connectivity index (χ0v) is 8.54. The van der Waals surface area contributed by atoms with Crippen LogP contribution in [-0.4, -0.2) is 33.9 Å². The third-order valence-corrected chi connectivity index (χ3v) is 1.94. The summed E-state index contributed by atoms with van der Waals surface area (Å²) in [6.07, 6.45) is 1.94. The molecule has 0 heterocycles. The summed E-state index contributed by atoms with van der Waals surface area (Å²) in [6.45, 7) is 2.24. The summed E-state index contributed by atoms with van der Waals surface area (Å²) < 4.78 is 30.1. The molecule has 0 aliphatic carbocycles. The highest BCUT2D eigenvalue weighted by molar-refractivity contribution is 7.85. The molecule has 0 N–H and O–H groups in total. The van der Waals surface area contributed by atoms with E-state index in [9.17, 15) is 13.2 Å². The predicted octanol–water partition coefficient (Wildman–Crippen LogP) is 0.304. The first-order chi connectivity index (χ1) is 5.95. The molecule has 5 nitrogen and oxygen atoms in total. The molecule has 0 saturated carbocycles. The molecule has 0 aromatic rings. The third-order valence-electron chi connectivity index (χ3n) is 1.34. The number of rotatable bonds is 7. The number of hydrogen-bond acceptors (Lipinski definition) is 5. The van der Waals surface area contributed by atoms with Crippen LogP contribution in [0, 0.1) is 0 Å². The van der Waals surface area contributed by atoms with E-state index in [0.717, 1.165) is 6.26 Å². The highest BCUT2D eigenvalue weighted by Crippen LogP contribution is 2.01. The summed E-state index contributed by atoms with van der Waals surface area (Å²) in [5.41, 5.74) is 0. The second-order valence-corrected chi connectivity index (χ2v) is 4.36. The molecule has 0 aromatic heterocycles. The fraction of sp³-hybridized carbons (Fsp3) is 0.857. The van der Waals surface area contributed by atoms with Crippen LogP contribution in [0.15, 0.2) is 0 Å². The monoisotopic (exact) mass is 210 g/mol. The summed E-state index contributed by atoms with van der Waals surface area (Å²) in [7, 11) is -3.34. The molecule has 0 aromatic carbocycles. The summed E-state index contributed by atoms with van der Waals surface area (Å²) in [5.74, 6) is 0. The molecular weight excluding hydrogens is 196 g/mol. The Bertz CT molecular complexity index is 233. The number of carbonyl (C=O) groups is 1. The van der Waals surface area contributed by atoms with Gasteiger partial charge in [0, 0.05) is 0 Å². The van der Waals surface area contributed by atoms with Crippen LogP contribution >= 0.6 is 0 Å². The predicted molar refractivity (Wildman–Crippen MR) is 46.6 cm³/mol. The number of ether oxygens (including phenoxy) is 1. The Kier molecular flexibility index (Phi) is 5.65. The van der Waals surface area contributed by atoms with Gasteiger partial charge < -0.3 is 4.74 Å². The average Bonchev–Trinajstić information content (AvgIpc) is 1.97. The van der Waals surface area contributed by atoms with Crippen molar-refractivity contribution < 1.29 is 22.1 Å². The molecule has 0 saturated heterocycles. The van der Waals surface area contributed by atoms with Gasteiger partial charge in [-0.15, -0.1) is 0 Å². The second kappa shape index (κ2) is 5.93. The van der Waals surface area contributed by atoms with E-state index >= 15 is 0 Å². The average molecular weight is 210 g/mol. The van der Waals surface area contributed by atoms with Crippen molar-refractivity contribution in [2.75, 3.05) is 12.9 Å². The zero-order valence-electron chi connectivity index (χ0n) is 7.73. The maximum atomic E-state index is 10.5. The van der Waals surface area contributed by atoms with Gasteiger partial charge in [-0.2, -0.15) is 8.42 Å². The molecule has 0 radical (unpaired) electrons. The van der Waals surface area contributed by atoms with E-state index in [0.29, 0.717) is 19.3 Å². The largest absolute Gasteiger partial charge is 0.465 e. The Balaban J connectivity index is 3.41. The van der Waals surface area contributed by atoms with Crippen LogP contribution in [0.3, 0.4) is 0 Å². The van der Waals surface area contributed by atoms with Crippen molar-refractivity contribution in [1.29, 1.82) is 0 Å². The summed E-state index contributed by atoms with van der Waals surface area (Å²) >= 11 is 0. The molecule has 1 unspecified atom stereocenters. The van der Waals surface area contributed by atoms with Crippen molar-refractivity contribution in [3.63, 3.8) is 0 Å². The topological polar surface area (TPSA) is 69.7 Å². The normalized spacial score (nSPS) is 13.7. The molecule has 0 aliphatic heterocycles. The van der Waals surface area contributed by atoms with Crippen LogP contribution in [0.5, 0.6) is 0 Å². The molecule has 13 heavy (non-hydrogen) atoms. The minimum Gasteiger partial charge on any atom is -0.465 e. The van der Waals surface area contributed by atoms with E-state index < -0.39 is 10.1 Å². The molecule has 0 fully saturated rings. The first-order valence-corrected chi connectivity index (χ1v) is 5.71. The highest BCUT2D eigenvalue weighted by Gasteiger charge is 2.04. The van der Waals surface area contributed by atoms with Gasteiger partial charge in [0.05, 0.1) is 19.0 Å². The highest BCUT2D eigenvalue weighted by atomic mass is 32.2. The van der Waals surface area contributed by atoms with Gasteiger partial charge in [0.25, 0.3) is 16.6 Å². The molecular formula is C7H14O5S. The first kappa shape index (κ1) is 12.4. The van der Waals surface area contributed by atoms with Crippen LogP contribution in [0.1, 0.15) is 19.8 Å². The van der Waals surface area contributed by atoms with Gasteiger partial charge in [0.2, 0.25) is 0 Å². The van der Waals surface area contributed by atoms with Crippen LogP contribution < -0.4 is 0 Å². The van der Waals surface area contributed by atoms with Crippen molar-refractivity contribution in [2.24, 2.45) is 0 Å². The Morgan fingerprint density at radius 2 is 2.08 bits per heavy atom. The smallest absolute Gasteiger partial charge is 0.293 e. The van der Waals surface area contributed by atoms with Gasteiger partial charge >= 0.3 is 0 Å². The van der Waals surface area contributed by atoms with Crippen LogP contribution in [0.25, 0.3) is 0 Å². The number of hydrogen-bond donors (Lipinski definition) is 0. The molecule has 78 valence electrons. The summed E-state index contributed by atoms with van der Waals surface area (Å²) in [5, 5.41) is 0. The molecule has 0 aliphatic rings. The SMILES string of the molecule is CC(CCCOS(C)(=O)=O)OC=O. The molecule has 1 atom stereocenters. The van der Waals surface area contributed by atoms with E-state index in [2.05, 4.69) is 8.92 Å². The Morgan fingerprint density at radius 1 is 1.46 bits per heavy atom. The lowest BCUT2D eigenvalue weighted by molar-refractivity contribution is -0.133. The van der Waals surface area contributed by atoms with Crippen LogP contribution in [0.4, 0.5) is 0 Å². The minimum absolute atomic E-state index is 0.130.